The minimum absolute atomic E-state index is 0.701. The second-order valence-electron chi connectivity index (χ2n) is 2.51. The highest BCUT2D eigenvalue weighted by Crippen LogP contribution is 2.22. The van der Waals surface area contributed by atoms with E-state index in [1.165, 1.54) is 6.20 Å². The predicted octanol–water partition coefficient (Wildman–Crippen LogP) is 3.10. The average Bonchev–Trinajstić information content (AvgIpc) is 1.84. The summed E-state index contributed by atoms with van der Waals surface area (Å²) >= 11 is 0. The number of alkyl halides is 3. The highest BCUT2D eigenvalue weighted by molar-refractivity contribution is 5.79. The van der Waals surface area contributed by atoms with E-state index in [4.69, 9.17) is 0 Å². The molecule has 4 heteroatoms. The standard InChI is InChI=1S/C8H10F3N/c1-6(2)4-12-5-7(3)8(9,10)11/h4-5H,3H2,1-2H3. The van der Waals surface area contributed by atoms with Crippen molar-refractivity contribution in [1.29, 1.82) is 0 Å². The van der Waals surface area contributed by atoms with Gasteiger partial charge in [-0.25, -0.2) is 0 Å². The van der Waals surface area contributed by atoms with E-state index in [1.807, 2.05) is 0 Å². The van der Waals surface area contributed by atoms with Crippen molar-refractivity contribution in [3.63, 3.8) is 0 Å². The van der Waals surface area contributed by atoms with Crippen LogP contribution in [0.5, 0.6) is 0 Å². The van der Waals surface area contributed by atoms with Crippen molar-refractivity contribution in [3.05, 3.63) is 23.9 Å². The summed E-state index contributed by atoms with van der Waals surface area (Å²) in [6, 6.07) is 0. The van der Waals surface area contributed by atoms with Gasteiger partial charge in [0.25, 0.3) is 0 Å². The van der Waals surface area contributed by atoms with Crippen LogP contribution >= 0.6 is 0 Å². The molecule has 0 aliphatic rings. The fourth-order valence-electron chi connectivity index (χ4n) is 0.350. The van der Waals surface area contributed by atoms with E-state index in [9.17, 15) is 13.2 Å². The van der Waals surface area contributed by atoms with Crippen molar-refractivity contribution in [3.8, 4) is 0 Å². The van der Waals surface area contributed by atoms with E-state index < -0.39 is 11.7 Å². The van der Waals surface area contributed by atoms with Gasteiger partial charge in [0, 0.05) is 12.4 Å². The second-order valence-corrected chi connectivity index (χ2v) is 2.51. The first-order valence-corrected chi connectivity index (χ1v) is 3.26. The van der Waals surface area contributed by atoms with Crippen LogP contribution in [0.1, 0.15) is 13.8 Å². The number of nitrogens with zero attached hydrogens (tertiary/aromatic N) is 1. The molecule has 1 nitrogen and oxygen atoms in total. The zero-order valence-corrected chi connectivity index (χ0v) is 6.94. The average molecular weight is 177 g/mol. The zero-order chi connectivity index (χ0) is 9.78. The molecule has 0 atom stereocenters. The summed E-state index contributed by atoms with van der Waals surface area (Å²) in [5.41, 5.74) is -0.110. The molecule has 0 bridgehead atoms. The van der Waals surface area contributed by atoms with Crippen molar-refractivity contribution < 1.29 is 13.2 Å². The van der Waals surface area contributed by atoms with Crippen molar-refractivity contribution in [2.45, 2.75) is 20.0 Å². The maximum atomic E-state index is 11.8. The van der Waals surface area contributed by atoms with Gasteiger partial charge in [0.05, 0.1) is 5.57 Å². The van der Waals surface area contributed by atoms with Crippen LogP contribution in [0.3, 0.4) is 0 Å². The van der Waals surface area contributed by atoms with E-state index in [0.717, 1.165) is 5.57 Å². The summed E-state index contributed by atoms with van der Waals surface area (Å²) in [6.07, 6.45) is -2.33. The SMILES string of the molecule is C=C(C=NC=C(C)C)C(F)(F)F. The third kappa shape index (κ3) is 4.71. The summed E-state index contributed by atoms with van der Waals surface area (Å²) in [6.45, 7) is 6.31. The summed E-state index contributed by atoms with van der Waals surface area (Å²) in [5.74, 6) is 0. The molecule has 0 radical (unpaired) electrons. The lowest BCUT2D eigenvalue weighted by molar-refractivity contribution is -0.0852. The minimum atomic E-state index is -4.38. The molecule has 0 amide bonds. The van der Waals surface area contributed by atoms with Crippen LogP contribution in [0, 0.1) is 0 Å². The molecule has 0 N–H and O–H groups in total. The number of halogens is 3. The summed E-state index contributed by atoms with van der Waals surface area (Å²) in [7, 11) is 0. The van der Waals surface area contributed by atoms with Crippen LogP contribution in [0.4, 0.5) is 13.2 Å². The van der Waals surface area contributed by atoms with E-state index in [0.29, 0.717) is 6.21 Å². The second kappa shape index (κ2) is 4.09. The molecule has 0 rings (SSSR count). The topological polar surface area (TPSA) is 12.4 Å². The largest absolute Gasteiger partial charge is 0.417 e. The van der Waals surface area contributed by atoms with Crippen LogP contribution < -0.4 is 0 Å². The van der Waals surface area contributed by atoms with E-state index >= 15 is 0 Å². The Morgan fingerprint density at radius 2 is 1.83 bits per heavy atom. The van der Waals surface area contributed by atoms with Gasteiger partial charge in [-0.05, 0) is 13.8 Å². The normalized spacial score (nSPS) is 11.8. The molecular weight excluding hydrogens is 167 g/mol. The van der Waals surface area contributed by atoms with Crippen LogP contribution in [0.15, 0.2) is 28.9 Å². The molecule has 68 valence electrons. The minimum Gasteiger partial charge on any atom is -0.264 e. The molecule has 0 aliphatic heterocycles. The molecule has 0 aromatic heterocycles. The third-order valence-corrected chi connectivity index (χ3v) is 0.927. The first-order valence-electron chi connectivity index (χ1n) is 3.26. The summed E-state index contributed by atoms with van der Waals surface area (Å²) < 4.78 is 35.3. The van der Waals surface area contributed by atoms with E-state index in [2.05, 4.69) is 11.6 Å². The molecule has 12 heavy (non-hydrogen) atoms. The Bertz CT molecular complexity index is 219. The number of rotatable bonds is 2. The van der Waals surface area contributed by atoms with E-state index in [1.54, 1.807) is 13.8 Å². The number of hydrogen-bond donors (Lipinski definition) is 0. The molecule has 0 aliphatic carbocycles. The molecule has 0 fully saturated rings. The summed E-state index contributed by atoms with van der Waals surface area (Å²) in [4.78, 5) is 3.43. The van der Waals surface area contributed by atoms with Crippen LogP contribution in [-0.2, 0) is 0 Å². The quantitative estimate of drug-likeness (QED) is 0.574. The van der Waals surface area contributed by atoms with Gasteiger partial charge in [0.1, 0.15) is 0 Å². The van der Waals surface area contributed by atoms with E-state index in [-0.39, 0.29) is 0 Å². The fraction of sp³-hybridized carbons (Fsp3) is 0.375. The fourth-order valence-corrected chi connectivity index (χ4v) is 0.350. The van der Waals surface area contributed by atoms with Gasteiger partial charge in [0.2, 0.25) is 0 Å². The van der Waals surface area contributed by atoms with Crippen molar-refractivity contribution in [2.24, 2.45) is 4.99 Å². The van der Waals surface area contributed by atoms with Gasteiger partial charge in [-0.15, -0.1) is 0 Å². The summed E-state index contributed by atoms with van der Waals surface area (Å²) in [5, 5.41) is 0. The van der Waals surface area contributed by atoms with Crippen LogP contribution in [0.2, 0.25) is 0 Å². The van der Waals surface area contributed by atoms with Crippen molar-refractivity contribution in [2.75, 3.05) is 0 Å². The Balaban J connectivity index is 4.20. The molecule has 0 aromatic rings. The van der Waals surface area contributed by atoms with Crippen LogP contribution in [-0.4, -0.2) is 12.4 Å². The van der Waals surface area contributed by atoms with Gasteiger partial charge < -0.3 is 0 Å². The smallest absolute Gasteiger partial charge is 0.264 e. The highest BCUT2D eigenvalue weighted by Gasteiger charge is 2.30. The Morgan fingerprint density at radius 3 is 2.17 bits per heavy atom. The lowest BCUT2D eigenvalue weighted by Gasteiger charge is -2.02. The Kier molecular flexibility index (Phi) is 3.73. The molecule has 0 heterocycles. The zero-order valence-electron chi connectivity index (χ0n) is 6.94. The lowest BCUT2D eigenvalue weighted by Crippen LogP contribution is -2.11. The van der Waals surface area contributed by atoms with Crippen molar-refractivity contribution >= 4 is 6.21 Å². The first kappa shape index (κ1) is 10.9. The highest BCUT2D eigenvalue weighted by atomic mass is 19.4. The third-order valence-electron chi connectivity index (χ3n) is 0.927. The number of aliphatic imine (C=N–C) groups is 1. The van der Waals surface area contributed by atoms with Gasteiger partial charge in [0.15, 0.2) is 0 Å². The predicted molar refractivity (Wildman–Crippen MR) is 43.1 cm³/mol. The Morgan fingerprint density at radius 1 is 1.33 bits per heavy atom. The maximum absolute atomic E-state index is 11.8. The van der Waals surface area contributed by atoms with Gasteiger partial charge in [-0.1, -0.05) is 12.2 Å². The Labute approximate surface area is 69.3 Å². The Hall–Kier alpha value is -1.06. The van der Waals surface area contributed by atoms with Gasteiger partial charge in [-0.2, -0.15) is 13.2 Å². The monoisotopic (exact) mass is 177 g/mol. The van der Waals surface area contributed by atoms with Gasteiger partial charge >= 0.3 is 6.18 Å². The molecule has 0 saturated heterocycles. The molecule has 0 aromatic carbocycles. The number of hydrogen-bond acceptors (Lipinski definition) is 1. The lowest BCUT2D eigenvalue weighted by atomic mass is 10.3. The molecule has 0 saturated carbocycles. The maximum Gasteiger partial charge on any atom is 0.417 e. The first-order chi connectivity index (χ1) is 5.34. The number of allylic oxidation sites excluding steroid dienone is 2. The van der Waals surface area contributed by atoms with Gasteiger partial charge in [-0.3, -0.25) is 4.99 Å². The molecule has 0 unspecified atom stereocenters. The van der Waals surface area contributed by atoms with Crippen molar-refractivity contribution in [1.82, 2.24) is 0 Å². The molecule has 0 spiro atoms. The van der Waals surface area contributed by atoms with Crippen LogP contribution in [0.25, 0.3) is 0 Å². The molecular formula is C8H10F3N.